The van der Waals surface area contributed by atoms with Crippen LogP contribution in [0.2, 0.25) is 0 Å². The molecule has 69 heavy (non-hydrogen) atoms. The number of benzene rings is 10. The van der Waals surface area contributed by atoms with E-state index in [0.29, 0.717) is 0 Å². The molecule has 0 aromatic heterocycles. The second kappa shape index (κ2) is 16.7. The average Bonchev–Trinajstić information content (AvgIpc) is 3.60. The molecule has 1 aliphatic heterocycles. The molecule has 0 saturated carbocycles. The van der Waals surface area contributed by atoms with Crippen LogP contribution in [-0.4, -0.2) is 5.71 Å². The Morgan fingerprint density at radius 2 is 1.01 bits per heavy atom. The SMILES string of the molecule is CC1=C(c2ccccc2)N=C(c2cccc(-c3ccc4c(c3)c3ccccc3c3cccc(-c5ccc6c(c5)C5=C(C=CCC5)C6(c5ccccc5)c5ccccc5)c34)c2)C=C(c2ccccc2)C1. The van der Waals surface area contributed by atoms with E-state index < -0.39 is 0 Å². The number of fused-ring (bicyclic) bond motifs is 8. The number of hydrogen-bond donors (Lipinski definition) is 0. The highest BCUT2D eigenvalue weighted by molar-refractivity contribution is 6.29. The van der Waals surface area contributed by atoms with Gasteiger partial charge in [0.2, 0.25) is 0 Å². The molecule has 13 rings (SSSR count). The van der Waals surface area contributed by atoms with Crippen LogP contribution in [0.15, 0.2) is 259 Å². The van der Waals surface area contributed by atoms with Crippen molar-refractivity contribution in [2.24, 2.45) is 4.99 Å². The fourth-order valence-corrected chi connectivity index (χ4v) is 11.9. The zero-order valence-electron chi connectivity index (χ0n) is 38.7. The van der Waals surface area contributed by atoms with Gasteiger partial charge in [0.15, 0.2) is 0 Å². The summed E-state index contributed by atoms with van der Waals surface area (Å²) in [5, 5.41) is 7.62. The van der Waals surface area contributed by atoms with Crippen LogP contribution in [0.5, 0.6) is 0 Å². The summed E-state index contributed by atoms with van der Waals surface area (Å²) in [6.45, 7) is 2.23. The molecule has 0 amide bonds. The molecule has 1 nitrogen and oxygen atoms in total. The third kappa shape index (κ3) is 6.72. The summed E-state index contributed by atoms with van der Waals surface area (Å²) < 4.78 is 0. The maximum absolute atomic E-state index is 5.47. The Kier molecular flexibility index (Phi) is 9.91. The molecule has 0 saturated heterocycles. The van der Waals surface area contributed by atoms with Crippen LogP contribution in [0.3, 0.4) is 0 Å². The topological polar surface area (TPSA) is 12.4 Å². The minimum atomic E-state index is -0.388. The van der Waals surface area contributed by atoms with Gasteiger partial charge in [-0.2, -0.15) is 0 Å². The van der Waals surface area contributed by atoms with E-state index in [4.69, 9.17) is 4.99 Å². The van der Waals surface area contributed by atoms with E-state index in [1.807, 2.05) is 0 Å². The first kappa shape index (κ1) is 40.8. The molecule has 10 aromatic carbocycles. The molecule has 3 aliphatic rings. The van der Waals surface area contributed by atoms with Gasteiger partial charge in [-0.05, 0) is 155 Å². The Hall–Kier alpha value is -8.39. The zero-order valence-corrected chi connectivity index (χ0v) is 38.7. The Labute approximate surface area is 404 Å². The summed E-state index contributed by atoms with van der Waals surface area (Å²) in [5.41, 5.74) is 20.7. The number of hydrogen-bond acceptors (Lipinski definition) is 1. The van der Waals surface area contributed by atoms with E-state index in [-0.39, 0.29) is 5.41 Å². The van der Waals surface area contributed by atoms with Gasteiger partial charge in [0.25, 0.3) is 0 Å². The van der Waals surface area contributed by atoms with E-state index in [1.54, 1.807) is 0 Å². The van der Waals surface area contributed by atoms with E-state index in [2.05, 4.69) is 250 Å². The van der Waals surface area contributed by atoms with Gasteiger partial charge in [0, 0.05) is 11.1 Å². The van der Waals surface area contributed by atoms with Crippen molar-refractivity contribution in [1.82, 2.24) is 0 Å². The minimum absolute atomic E-state index is 0.388. The molecule has 0 radical (unpaired) electrons. The lowest BCUT2D eigenvalue weighted by Gasteiger charge is -2.35. The van der Waals surface area contributed by atoms with Gasteiger partial charge in [0.05, 0.1) is 16.8 Å². The molecule has 1 heteroatoms. The molecule has 2 aliphatic carbocycles. The predicted octanol–water partition coefficient (Wildman–Crippen LogP) is 17.6. The Bertz CT molecular complexity index is 3790. The highest BCUT2D eigenvalue weighted by Crippen LogP contribution is 2.58. The third-order valence-electron chi connectivity index (χ3n) is 15.0. The molecule has 1 heterocycles. The first-order chi connectivity index (χ1) is 34.1. The second-order valence-electron chi connectivity index (χ2n) is 18.9. The third-order valence-corrected chi connectivity index (χ3v) is 15.0. The van der Waals surface area contributed by atoms with Crippen molar-refractivity contribution in [2.45, 2.75) is 31.6 Å². The lowest BCUT2D eigenvalue weighted by atomic mass is 9.66. The molecular weight excluding hydrogens is 831 g/mol. The molecule has 326 valence electrons. The van der Waals surface area contributed by atoms with E-state index >= 15 is 0 Å². The zero-order chi connectivity index (χ0) is 45.9. The van der Waals surface area contributed by atoms with Gasteiger partial charge in [-0.15, -0.1) is 0 Å². The number of aliphatic imine (C=N–C) groups is 1. The molecule has 0 bridgehead atoms. The van der Waals surface area contributed by atoms with Crippen LogP contribution in [0, 0.1) is 0 Å². The van der Waals surface area contributed by atoms with Crippen molar-refractivity contribution >= 4 is 54.9 Å². The van der Waals surface area contributed by atoms with Crippen molar-refractivity contribution < 1.29 is 0 Å². The molecule has 0 N–H and O–H groups in total. The second-order valence-corrected chi connectivity index (χ2v) is 18.9. The molecule has 0 atom stereocenters. The standard InChI is InChI=1S/C68H49N/c1-45-40-52(46-20-6-2-7-21-46)44-65(69-67(45)47-22-8-3-9-23-47)51-25-18-24-48(41-51)49-36-38-60-61(42-49)57-31-15-14-30-56(57)59-34-19-33-55(66(59)60)50-37-39-64-62(43-50)58-32-16-17-35-63(58)68(64,53-26-10-4-11-27-53)54-28-12-5-13-29-54/h2-15,17-31,33-39,41-44H,16,32,40H2,1H3. The maximum atomic E-state index is 5.47. The number of rotatable bonds is 7. The summed E-state index contributed by atoms with van der Waals surface area (Å²) >= 11 is 0. The van der Waals surface area contributed by atoms with Gasteiger partial charge in [0.1, 0.15) is 0 Å². The minimum Gasteiger partial charge on any atom is -0.248 e. The quantitative estimate of drug-likeness (QED) is 0.141. The average molecular weight is 880 g/mol. The van der Waals surface area contributed by atoms with Crippen molar-refractivity contribution in [2.75, 3.05) is 0 Å². The van der Waals surface area contributed by atoms with Crippen molar-refractivity contribution in [3.8, 4) is 22.3 Å². The Morgan fingerprint density at radius 3 is 1.75 bits per heavy atom. The number of allylic oxidation sites excluding steroid dienone is 7. The maximum Gasteiger partial charge on any atom is 0.0712 e. The largest absolute Gasteiger partial charge is 0.248 e. The summed E-state index contributed by atoms with van der Waals surface area (Å²) in [6.07, 6.45) is 10.0. The van der Waals surface area contributed by atoms with Gasteiger partial charge >= 0.3 is 0 Å². The van der Waals surface area contributed by atoms with E-state index in [0.717, 1.165) is 41.8 Å². The molecule has 0 unspecified atom stereocenters. The van der Waals surface area contributed by atoms with Gasteiger partial charge < -0.3 is 0 Å². The van der Waals surface area contributed by atoms with Crippen LogP contribution >= 0.6 is 0 Å². The molecule has 10 aromatic rings. The van der Waals surface area contributed by atoms with Gasteiger partial charge in [-0.1, -0.05) is 218 Å². The monoisotopic (exact) mass is 879 g/mol. The van der Waals surface area contributed by atoms with Gasteiger partial charge in [-0.25, -0.2) is 4.99 Å². The first-order valence-electron chi connectivity index (χ1n) is 24.4. The molecule has 0 fully saturated rings. The van der Waals surface area contributed by atoms with Crippen LogP contribution in [-0.2, 0) is 5.41 Å². The number of nitrogens with zero attached hydrogens (tertiary/aromatic N) is 1. The van der Waals surface area contributed by atoms with Crippen molar-refractivity contribution in [1.29, 1.82) is 0 Å². The molecule has 0 spiro atoms. The van der Waals surface area contributed by atoms with Crippen LogP contribution in [0.25, 0.3) is 71.4 Å². The normalized spacial score (nSPS) is 15.3. The molecular formula is C68H49N. The predicted molar refractivity (Wildman–Crippen MR) is 293 cm³/mol. The Balaban J connectivity index is 0.972. The highest BCUT2D eigenvalue weighted by Gasteiger charge is 2.47. The fraction of sp³-hybridized carbons (Fsp3) is 0.0735. The van der Waals surface area contributed by atoms with E-state index in [9.17, 15) is 0 Å². The smallest absolute Gasteiger partial charge is 0.0712 e. The summed E-state index contributed by atoms with van der Waals surface area (Å²) in [7, 11) is 0. The summed E-state index contributed by atoms with van der Waals surface area (Å²) in [5.74, 6) is 0. The van der Waals surface area contributed by atoms with Crippen molar-refractivity contribution in [3.05, 3.63) is 293 Å². The van der Waals surface area contributed by atoms with Gasteiger partial charge in [-0.3, -0.25) is 0 Å². The van der Waals surface area contributed by atoms with Crippen LogP contribution in [0.1, 0.15) is 65.1 Å². The first-order valence-corrected chi connectivity index (χ1v) is 24.4. The van der Waals surface area contributed by atoms with Crippen molar-refractivity contribution in [3.63, 3.8) is 0 Å². The van der Waals surface area contributed by atoms with Crippen LogP contribution < -0.4 is 0 Å². The fourth-order valence-electron chi connectivity index (χ4n) is 11.9. The Morgan fingerprint density at radius 1 is 0.435 bits per heavy atom. The lowest BCUT2D eigenvalue weighted by molar-refractivity contribution is 0.756. The summed E-state index contributed by atoms with van der Waals surface area (Å²) in [4.78, 5) is 5.47. The van der Waals surface area contributed by atoms with E-state index in [1.165, 1.54) is 105 Å². The highest BCUT2D eigenvalue weighted by atomic mass is 14.8. The summed E-state index contributed by atoms with van der Waals surface area (Å²) in [6, 6.07) is 83.0. The van der Waals surface area contributed by atoms with Crippen LogP contribution in [0.4, 0.5) is 0 Å². The lowest BCUT2D eigenvalue weighted by Crippen LogP contribution is -2.29.